The Labute approximate surface area is 186 Å². The number of nitrogens with zero attached hydrogens (tertiary/aromatic N) is 3. The number of hydrogen-bond donors (Lipinski definition) is 3. The largest absolute Gasteiger partial charge is 0.497 e. The molecule has 8 heteroatoms. The van der Waals surface area contributed by atoms with Crippen LogP contribution in [0, 0.1) is 0 Å². The summed E-state index contributed by atoms with van der Waals surface area (Å²) in [4.78, 5) is 13.1. The van der Waals surface area contributed by atoms with Crippen LogP contribution in [0.25, 0.3) is 10.9 Å². The van der Waals surface area contributed by atoms with Gasteiger partial charge in [-0.05, 0) is 39.9 Å². The van der Waals surface area contributed by atoms with Crippen molar-refractivity contribution in [2.45, 2.75) is 25.8 Å². The summed E-state index contributed by atoms with van der Waals surface area (Å²) in [5, 5.41) is 7.93. The number of likely N-dealkylation sites (N-methyl/N-ethyl adjacent to an activating group) is 2. The van der Waals surface area contributed by atoms with E-state index in [1.54, 1.807) is 14.2 Å². The SMILES string of the molecule is CCNC(=NCC1CN(C)CCN1C)NCCCc1cc2c(OC)cc(OC)cc2[nH]1. The van der Waals surface area contributed by atoms with Crippen molar-refractivity contribution in [1.82, 2.24) is 25.4 Å². The van der Waals surface area contributed by atoms with Crippen molar-refractivity contribution < 1.29 is 9.47 Å². The molecule has 1 aromatic carbocycles. The summed E-state index contributed by atoms with van der Waals surface area (Å²) < 4.78 is 10.9. The second-order valence-electron chi connectivity index (χ2n) is 8.23. The number of nitrogens with one attached hydrogen (secondary N) is 3. The molecule has 1 unspecified atom stereocenters. The Morgan fingerprint density at radius 3 is 2.74 bits per heavy atom. The van der Waals surface area contributed by atoms with Gasteiger partial charge >= 0.3 is 0 Å². The van der Waals surface area contributed by atoms with Crippen molar-refractivity contribution in [3.05, 3.63) is 23.9 Å². The average Bonchev–Trinajstić information content (AvgIpc) is 3.19. The van der Waals surface area contributed by atoms with Gasteiger partial charge in [0, 0.05) is 62.0 Å². The third-order valence-corrected chi connectivity index (χ3v) is 5.88. The molecule has 3 N–H and O–H groups in total. The summed E-state index contributed by atoms with van der Waals surface area (Å²) >= 11 is 0. The summed E-state index contributed by atoms with van der Waals surface area (Å²) in [7, 11) is 7.74. The van der Waals surface area contributed by atoms with Crippen LogP contribution in [-0.4, -0.2) is 94.4 Å². The van der Waals surface area contributed by atoms with Gasteiger partial charge in [-0.1, -0.05) is 0 Å². The van der Waals surface area contributed by atoms with E-state index in [1.165, 1.54) is 5.69 Å². The van der Waals surface area contributed by atoms with Gasteiger partial charge in [-0.25, -0.2) is 0 Å². The van der Waals surface area contributed by atoms with Gasteiger partial charge in [0.05, 0.1) is 26.3 Å². The average molecular weight is 431 g/mol. The van der Waals surface area contributed by atoms with Crippen LogP contribution in [0.3, 0.4) is 0 Å². The normalized spacial score (nSPS) is 18.4. The molecular formula is C23H38N6O2. The number of aliphatic imine (C=N–C) groups is 1. The summed E-state index contributed by atoms with van der Waals surface area (Å²) in [6, 6.07) is 6.56. The third kappa shape index (κ3) is 6.27. The van der Waals surface area contributed by atoms with Gasteiger partial charge in [-0.3, -0.25) is 9.89 Å². The van der Waals surface area contributed by atoms with E-state index in [1.807, 2.05) is 12.1 Å². The third-order valence-electron chi connectivity index (χ3n) is 5.88. The van der Waals surface area contributed by atoms with Crippen molar-refractivity contribution >= 4 is 16.9 Å². The molecule has 1 aliphatic rings. The highest BCUT2D eigenvalue weighted by Crippen LogP contribution is 2.31. The monoisotopic (exact) mass is 430 g/mol. The first-order valence-corrected chi connectivity index (χ1v) is 11.2. The van der Waals surface area contributed by atoms with Gasteiger partial charge in [0.2, 0.25) is 0 Å². The number of H-pyrrole nitrogens is 1. The maximum absolute atomic E-state index is 5.52. The summed E-state index contributed by atoms with van der Waals surface area (Å²) in [6.45, 7) is 7.92. The zero-order chi connectivity index (χ0) is 22.2. The van der Waals surface area contributed by atoms with E-state index < -0.39 is 0 Å². The quantitative estimate of drug-likeness (QED) is 0.321. The molecule has 0 spiro atoms. The molecule has 2 heterocycles. The molecule has 0 radical (unpaired) electrons. The molecular weight excluding hydrogens is 392 g/mol. The molecule has 31 heavy (non-hydrogen) atoms. The second-order valence-corrected chi connectivity index (χ2v) is 8.23. The molecule has 172 valence electrons. The highest BCUT2D eigenvalue weighted by Gasteiger charge is 2.21. The maximum Gasteiger partial charge on any atom is 0.191 e. The predicted octanol–water partition coefficient (Wildman–Crippen LogP) is 1.92. The number of ether oxygens (including phenoxy) is 2. The van der Waals surface area contributed by atoms with Crippen LogP contribution >= 0.6 is 0 Å². The van der Waals surface area contributed by atoms with Gasteiger partial charge in [-0.15, -0.1) is 0 Å². The Morgan fingerprint density at radius 1 is 1.16 bits per heavy atom. The van der Waals surface area contributed by atoms with Crippen molar-refractivity contribution in [2.75, 3.05) is 67.6 Å². The van der Waals surface area contributed by atoms with Crippen LogP contribution in [-0.2, 0) is 6.42 Å². The summed E-state index contributed by atoms with van der Waals surface area (Å²) in [6.07, 6.45) is 1.95. The first-order chi connectivity index (χ1) is 15.0. The number of aromatic nitrogens is 1. The molecule has 8 nitrogen and oxygen atoms in total. The van der Waals surface area contributed by atoms with E-state index in [0.29, 0.717) is 6.04 Å². The molecule has 1 aliphatic heterocycles. The zero-order valence-corrected chi connectivity index (χ0v) is 19.6. The minimum atomic E-state index is 0.465. The van der Waals surface area contributed by atoms with Crippen LogP contribution in [0.2, 0.25) is 0 Å². The number of benzene rings is 1. The highest BCUT2D eigenvalue weighted by molar-refractivity contribution is 5.88. The molecule has 1 saturated heterocycles. The number of piperazine rings is 1. The van der Waals surface area contributed by atoms with Crippen LogP contribution in [0.4, 0.5) is 0 Å². The maximum atomic E-state index is 5.52. The van der Waals surface area contributed by atoms with Crippen molar-refractivity contribution in [1.29, 1.82) is 0 Å². The van der Waals surface area contributed by atoms with E-state index in [4.69, 9.17) is 14.5 Å². The molecule has 2 aromatic rings. The van der Waals surface area contributed by atoms with Gasteiger partial charge in [0.15, 0.2) is 5.96 Å². The zero-order valence-electron chi connectivity index (χ0n) is 19.6. The lowest BCUT2D eigenvalue weighted by Gasteiger charge is -2.36. The number of fused-ring (bicyclic) bond motifs is 1. The molecule has 0 saturated carbocycles. The van der Waals surface area contributed by atoms with Crippen molar-refractivity contribution in [2.24, 2.45) is 4.99 Å². The van der Waals surface area contributed by atoms with Crippen molar-refractivity contribution in [3.63, 3.8) is 0 Å². The number of aromatic amines is 1. The van der Waals surface area contributed by atoms with E-state index in [-0.39, 0.29) is 0 Å². The minimum Gasteiger partial charge on any atom is -0.497 e. The van der Waals surface area contributed by atoms with Crippen LogP contribution in [0.1, 0.15) is 19.0 Å². The smallest absolute Gasteiger partial charge is 0.191 e. The Hall–Kier alpha value is -2.45. The Morgan fingerprint density at radius 2 is 2.00 bits per heavy atom. The molecule has 0 aliphatic carbocycles. The molecule has 1 atom stereocenters. The predicted molar refractivity (Wildman–Crippen MR) is 128 cm³/mol. The molecule has 3 rings (SSSR count). The molecule has 1 aromatic heterocycles. The lowest BCUT2D eigenvalue weighted by molar-refractivity contribution is 0.119. The van der Waals surface area contributed by atoms with E-state index >= 15 is 0 Å². The Kier molecular flexibility index (Phi) is 8.43. The highest BCUT2D eigenvalue weighted by atomic mass is 16.5. The number of aryl methyl sites for hydroxylation is 1. The fourth-order valence-electron chi connectivity index (χ4n) is 3.98. The lowest BCUT2D eigenvalue weighted by atomic mass is 10.2. The van der Waals surface area contributed by atoms with Crippen LogP contribution in [0.15, 0.2) is 23.2 Å². The van der Waals surface area contributed by atoms with E-state index in [2.05, 4.69) is 52.5 Å². The standard InChI is InChI=1S/C23H38N6O2/c1-6-24-23(26-15-18-16-28(2)10-11-29(18)3)25-9-7-8-17-12-20-21(27-17)13-19(30-4)14-22(20)31-5/h12-14,18,27H,6-11,15-16H2,1-5H3,(H2,24,25,26). The number of rotatable bonds is 9. The lowest BCUT2D eigenvalue weighted by Crippen LogP contribution is -2.51. The first-order valence-electron chi connectivity index (χ1n) is 11.2. The summed E-state index contributed by atoms with van der Waals surface area (Å²) in [5.74, 6) is 2.52. The number of methoxy groups -OCH3 is 2. The van der Waals surface area contributed by atoms with E-state index in [9.17, 15) is 0 Å². The number of hydrogen-bond acceptors (Lipinski definition) is 5. The fraction of sp³-hybridized carbons (Fsp3) is 0.609. The summed E-state index contributed by atoms with van der Waals surface area (Å²) in [5.41, 5.74) is 2.23. The Bertz CT molecular complexity index is 865. The van der Waals surface area contributed by atoms with Crippen LogP contribution < -0.4 is 20.1 Å². The minimum absolute atomic E-state index is 0.465. The van der Waals surface area contributed by atoms with E-state index in [0.717, 1.165) is 80.5 Å². The Balaban J connectivity index is 1.53. The topological polar surface area (TPSA) is 77.2 Å². The van der Waals surface area contributed by atoms with Crippen molar-refractivity contribution in [3.8, 4) is 11.5 Å². The number of guanidine groups is 1. The van der Waals surface area contributed by atoms with Gasteiger partial charge in [-0.2, -0.15) is 0 Å². The first kappa shape index (κ1) is 23.2. The molecule has 0 bridgehead atoms. The molecule has 1 fully saturated rings. The second kappa shape index (κ2) is 11.2. The fourth-order valence-corrected chi connectivity index (χ4v) is 3.98. The van der Waals surface area contributed by atoms with Gasteiger partial charge < -0.3 is 30.0 Å². The van der Waals surface area contributed by atoms with Gasteiger partial charge in [0.1, 0.15) is 11.5 Å². The molecule has 0 amide bonds. The van der Waals surface area contributed by atoms with Gasteiger partial charge in [0.25, 0.3) is 0 Å². The van der Waals surface area contributed by atoms with Crippen LogP contribution in [0.5, 0.6) is 11.5 Å².